The molecule has 0 bridgehead atoms. The highest BCUT2D eigenvalue weighted by Gasteiger charge is 2.26. The molecule has 0 radical (unpaired) electrons. The summed E-state index contributed by atoms with van der Waals surface area (Å²) >= 11 is 6.08. The zero-order chi connectivity index (χ0) is 16.4. The third kappa shape index (κ3) is 4.10. The lowest BCUT2D eigenvalue weighted by Crippen LogP contribution is -2.16. The van der Waals surface area contributed by atoms with Crippen molar-refractivity contribution in [3.8, 4) is 0 Å². The maximum atomic E-state index is 13.2. The molecule has 0 unspecified atom stereocenters. The molecule has 4 nitrogen and oxygen atoms in total. The number of nitrogens with zero attached hydrogens (tertiary/aromatic N) is 2. The minimum absolute atomic E-state index is 0.298. The first kappa shape index (κ1) is 16.0. The van der Waals surface area contributed by atoms with Crippen molar-refractivity contribution >= 4 is 29.1 Å². The van der Waals surface area contributed by atoms with Crippen molar-refractivity contribution in [1.82, 2.24) is 9.97 Å². The van der Waals surface area contributed by atoms with Crippen LogP contribution in [0.5, 0.6) is 0 Å². The van der Waals surface area contributed by atoms with Crippen LogP contribution in [0.4, 0.5) is 21.8 Å². The van der Waals surface area contributed by atoms with E-state index in [1.54, 1.807) is 6.07 Å². The number of anilines is 3. The highest BCUT2D eigenvalue weighted by molar-refractivity contribution is 6.33. The summed E-state index contributed by atoms with van der Waals surface area (Å²) in [6.45, 7) is 4.21. The van der Waals surface area contributed by atoms with E-state index in [-0.39, 0.29) is 5.82 Å². The van der Waals surface area contributed by atoms with E-state index in [2.05, 4.69) is 34.4 Å². The van der Waals surface area contributed by atoms with Crippen LogP contribution in [0.25, 0.3) is 0 Å². The normalized spacial score (nSPS) is 15.3. The van der Waals surface area contributed by atoms with Gasteiger partial charge in [-0.05, 0) is 44.4 Å². The second-order valence-electron chi connectivity index (χ2n) is 5.98. The van der Waals surface area contributed by atoms with Crippen LogP contribution in [0.2, 0.25) is 5.02 Å². The predicted molar refractivity (Wildman–Crippen MR) is 92.1 cm³/mol. The Labute approximate surface area is 140 Å². The Morgan fingerprint density at radius 3 is 2.74 bits per heavy atom. The number of halogens is 2. The van der Waals surface area contributed by atoms with Gasteiger partial charge in [-0.25, -0.2) is 9.37 Å². The van der Waals surface area contributed by atoms with Gasteiger partial charge in [0.2, 0.25) is 5.95 Å². The molecule has 6 heteroatoms. The number of hydrogen-bond donors (Lipinski definition) is 2. The van der Waals surface area contributed by atoms with Crippen LogP contribution in [0.15, 0.2) is 24.3 Å². The average Bonchev–Trinajstić information content (AvgIpc) is 3.34. The summed E-state index contributed by atoms with van der Waals surface area (Å²) in [5.41, 5.74) is 1.66. The zero-order valence-corrected chi connectivity index (χ0v) is 14.0. The Balaban J connectivity index is 1.87. The molecule has 0 aliphatic heterocycles. The summed E-state index contributed by atoms with van der Waals surface area (Å²) in [4.78, 5) is 9.11. The fourth-order valence-corrected chi connectivity index (χ4v) is 2.45. The van der Waals surface area contributed by atoms with Crippen LogP contribution in [0.3, 0.4) is 0 Å². The van der Waals surface area contributed by atoms with Gasteiger partial charge in [0, 0.05) is 18.0 Å². The van der Waals surface area contributed by atoms with E-state index in [0.29, 0.717) is 34.4 Å². The summed E-state index contributed by atoms with van der Waals surface area (Å²) in [5.74, 6) is 1.44. The maximum absolute atomic E-state index is 13.2. The van der Waals surface area contributed by atoms with Gasteiger partial charge in [-0.3, -0.25) is 0 Å². The molecule has 1 atom stereocenters. The van der Waals surface area contributed by atoms with E-state index in [0.717, 1.165) is 25.0 Å². The van der Waals surface area contributed by atoms with E-state index >= 15 is 0 Å². The topological polar surface area (TPSA) is 49.8 Å². The van der Waals surface area contributed by atoms with Crippen molar-refractivity contribution in [2.45, 2.75) is 45.1 Å². The van der Waals surface area contributed by atoms with Gasteiger partial charge < -0.3 is 10.6 Å². The molecule has 2 N–H and O–H groups in total. The number of aromatic nitrogens is 2. The molecule has 0 amide bonds. The lowest BCUT2D eigenvalue weighted by molar-refractivity contribution is 0.628. The molecule has 122 valence electrons. The molecule has 1 aromatic heterocycles. The van der Waals surface area contributed by atoms with Crippen LogP contribution in [0, 0.1) is 5.82 Å². The summed E-state index contributed by atoms with van der Waals surface area (Å²) < 4.78 is 13.2. The minimum atomic E-state index is -0.360. The monoisotopic (exact) mass is 334 g/mol. The van der Waals surface area contributed by atoms with Crippen LogP contribution in [0.1, 0.15) is 44.7 Å². The molecule has 0 saturated heterocycles. The van der Waals surface area contributed by atoms with Gasteiger partial charge in [0.25, 0.3) is 0 Å². The molecular formula is C17H20ClFN4. The molecule has 1 aliphatic carbocycles. The van der Waals surface area contributed by atoms with Gasteiger partial charge in [-0.1, -0.05) is 18.5 Å². The highest BCUT2D eigenvalue weighted by atomic mass is 35.5. The zero-order valence-electron chi connectivity index (χ0n) is 13.2. The van der Waals surface area contributed by atoms with Crippen molar-refractivity contribution in [3.05, 3.63) is 40.8 Å². The van der Waals surface area contributed by atoms with Crippen LogP contribution >= 0.6 is 11.6 Å². The Hall–Kier alpha value is -1.88. The summed E-state index contributed by atoms with van der Waals surface area (Å²) in [6, 6.07) is 6.50. The molecule has 3 rings (SSSR count). The Kier molecular flexibility index (Phi) is 4.66. The molecule has 1 heterocycles. The minimum Gasteiger partial charge on any atom is -0.352 e. The van der Waals surface area contributed by atoms with Crippen molar-refractivity contribution in [1.29, 1.82) is 0 Å². The molecule has 2 aromatic rings. The fraction of sp³-hybridized carbons (Fsp3) is 0.412. The number of rotatable bonds is 6. The van der Waals surface area contributed by atoms with Gasteiger partial charge in [0.1, 0.15) is 11.6 Å². The standard InChI is InChI=1S/C17H20ClFN4/c1-3-10(2)20-17-22-15(11-4-5-11)9-16(23-17)21-14-7-6-12(19)8-13(14)18/h6-11H,3-5H2,1-2H3,(H2,20,21,22,23)/t10-/m0/s1. The molecule has 1 aromatic carbocycles. The van der Waals surface area contributed by atoms with Gasteiger partial charge in [0.15, 0.2) is 0 Å². The Morgan fingerprint density at radius 1 is 1.30 bits per heavy atom. The first-order valence-electron chi connectivity index (χ1n) is 7.92. The first-order valence-corrected chi connectivity index (χ1v) is 8.30. The Bertz CT molecular complexity index is 703. The second-order valence-corrected chi connectivity index (χ2v) is 6.39. The van der Waals surface area contributed by atoms with Gasteiger partial charge in [0.05, 0.1) is 16.4 Å². The quantitative estimate of drug-likeness (QED) is 0.771. The van der Waals surface area contributed by atoms with Crippen molar-refractivity contribution < 1.29 is 4.39 Å². The molecule has 1 fully saturated rings. The highest BCUT2D eigenvalue weighted by Crippen LogP contribution is 2.40. The van der Waals surface area contributed by atoms with Gasteiger partial charge in [-0.15, -0.1) is 0 Å². The van der Waals surface area contributed by atoms with Crippen molar-refractivity contribution in [2.24, 2.45) is 0 Å². The SMILES string of the molecule is CC[C@H](C)Nc1nc(Nc2ccc(F)cc2Cl)cc(C2CC2)n1. The lowest BCUT2D eigenvalue weighted by Gasteiger charge is -2.15. The lowest BCUT2D eigenvalue weighted by atomic mass is 10.2. The van der Waals surface area contributed by atoms with E-state index in [4.69, 9.17) is 11.6 Å². The largest absolute Gasteiger partial charge is 0.352 e. The van der Waals surface area contributed by atoms with Crippen LogP contribution in [-0.2, 0) is 0 Å². The van der Waals surface area contributed by atoms with Gasteiger partial charge in [-0.2, -0.15) is 4.98 Å². The predicted octanol–water partition coefficient (Wildman–Crippen LogP) is 5.10. The first-order chi connectivity index (χ1) is 11.0. The van der Waals surface area contributed by atoms with E-state index < -0.39 is 0 Å². The fourth-order valence-electron chi connectivity index (χ4n) is 2.23. The van der Waals surface area contributed by atoms with Crippen molar-refractivity contribution in [2.75, 3.05) is 10.6 Å². The Morgan fingerprint density at radius 2 is 2.09 bits per heavy atom. The smallest absolute Gasteiger partial charge is 0.225 e. The summed E-state index contributed by atoms with van der Waals surface area (Å²) in [7, 11) is 0. The molecular weight excluding hydrogens is 315 g/mol. The van der Waals surface area contributed by atoms with E-state index in [9.17, 15) is 4.39 Å². The molecule has 1 aliphatic rings. The third-order valence-corrected chi connectivity index (χ3v) is 4.24. The maximum Gasteiger partial charge on any atom is 0.225 e. The average molecular weight is 335 g/mol. The molecule has 0 spiro atoms. The number of nitrogens with one attached hydrogen (secondary N) is 2. The second kappa shape index (κ2) is 6.71. The van der Waals surface area contributed by atoms with Crippen molar-refractivity contribution in [3.63, 3.8) is 0 Å². The third-order valence-electron chi connectivity index (χ3n) is 3.92. The van der Waals surface area contributed by atoms with Gasteiger partial charge >= 0.3 is 0 Å². The number of hydrogen-bond acceptors (Lipinski definition) is 4. The summed E-state index contributed by atoms with van der Waals surface area (Å²) in [6.07, 6.45) is 3.32. The molecule has 23 heavy (non-hydrogen) atoms. The van der Waals surface area contributed by atoms with E-state index in [1.165, 1.54) is 12.1 Å². The molecule has 1 saturated carbocycles. The van der Waals surface area contributed by atoms with Crippen LogP contribution in [-0.4, -0.2) is 16.0 Å². The van der Waals surface area contributed by atoms with Crippen LogP contribution < -0.4 is 10.6 Å². The number of benzene rings is 1. The summed E-state index contributed by atoms with van der Waals surface area (Å²) in [5, 5.41) is 6.80. The van der Waals surface area contributed by atoms with E-state index in [1.807, 2.05) is 6.07 Å².